The lowest BCUT2D eigenvalue weighted by Gasteiger charge is -2.04. The number of aromatic hydroxyl groups is 1. The van der Waals surface area contributed by atoms with Crippen molar-refractivity contribution < 1.29 is 9.90 Å². The fourth-order valence-corrected chi connectivity index (χ4v) is 2.88. The maximum atomic E-state index is 12.1. The predicted octanol–water partition coefficient (Wildman–Crippen LogP) is 4.78. The Morgan fingerprint density at radius 1 is 1.30 bits per heavy atom. The maximum absolute atomic E-state index is 12.1. The molecule has 0 radical (unpaired) electrons. The normalized spacial score (nSPS) is 11.1. The minimum atomic E-state index is -0.120. The number of thiophene rings is 1. The summed E-state index contributed by atoms with van der Waals surface area (Å²) in [7, 11) is 0. The average molecular weight is 327 g/mol. The van der Waals surface area contributed by atoms with Crippen molar-refractivity contribution in [2.75, 3.05) is 5.88 Å². The van der Waals surface area contributed by atoms with E-state index in [0.29, 0.717) is 27.8 Å². The summed E-state index contributed by atoms with van der Waals surface area (Å²) >= 11 is 12.9. The molecule has 0 saturated carbocycles. The highest BCUT2D eigenvalue weighted by Crippen LogP contribution is 2.23. The average Bonchev–Trinajstić information content (AvgIpc) is 2.84. The van der Waals surface area contributed by atoms with Crippen LogP contribution in [-0.2, 0) is 6.42 Å². The Kier molecular flexibility index (Phi) is 5.24. The van der Waals surface area contributed by atoms with Crippen LogP contribution in [0.15, 0.2) is 36.4 Å². The van der Waals surface area contributed by atoms with Gasteiger partial charge in [-0.25, -0.2) is 0 Å². The third kappa shape index (κ3) is 3.85. The summed E-state index contributed by atoms with van der Waals surface area (Å²) in [4.78, 5) is 13.0. The maximum Gasteiger partial charge on any atom is 0.185 e. The third-order valence-electron chi connectivity index (χ3n) is 2.72. The summed E-state index contributed by atoms with van der Waals surface area (Å²) in [5.74, 6) is 0.441. The van der Waals surface area contributed by atoms with E-state index in [1.807, 2.05) is 6.07 Å². The van der Waals surface area contributed by atoms with Crippen LogP contribution in [0.25, 0.3) is 6.08 Å². The number of carbonyl (C=O) groups excluding carboxylic acids is 1. The lowest BCUT2D eigenvalue weighted by molar-refractivity contribution is 0.104. The van der Waals surface area contributed by atoms with Crippen molar-refractivity contribution in [1.82, 2.24) is 0 Å². The number of phenols is 1. The van der Waals surface area contributed by atoms with Gasteiger partial charge in [0.25, 0.3) is 0 Å². The molecule has 0 aliphatic carbocycles. The molecule has 2 aromatic rings. The van der Waals surface area contributed by atoms with Gasteiger partial charge in [0.2, 0.25) is 0 Å². The molecule has 0 atom stereocenters. The van der Waals surface area contributed by atoms with Crippen LogP contribution < -0.4 is 0 Å². The van der Waals surface area contributed by atoms with Gasteiger partial charge in [-0.3, -0.25) is 4.79 Å². The second-order valence-electron chi connectivity index (χ2n) is 4.12. The molecule has 0 aliphatic heterocycles. The molecule has 0 saturated heterocycles. The largest absolute Gasteiger partial charge is 0.508 e. The first kappa shape index (κ1) is 15.1. The van der Waals surface area contributed by atoms with E-state index in [-0.39, 0.29) is 11.5 Å². The molecule has 1 heterocycles. The lowest BCUT2D eigenvalue weighted by atomic mass is 10.0. The van der Waals surface area contributed by atoms with Crippen molar-refractivity contribution in [3.05, 3.63) is 56.7 Å². The van der Waals surface area contributed by atoms with Gasteiger partial charge in [0.15, 0.2) is 5.78 Å². The molecule has 0 amide bonds. The van der Waals surface area contributed by atoms with E-state index in [1.165, 1.54) is 23.5 Å². The number of aryl methyl sites for hydroxylation is 1. The van der Waals surface area contributed by atoms with Crippen molar-refractivity contribution in [1.29, 1.82) is 0 Å². The molecule has 5 heteroatoms. The van der Waals surface area contributed by atoms with Crippen molar-refractivity contribution in [3.63, 3.8) is 0 Å². The zero-order valence-electron chi connectivity index (χ0n) is 10.5. The summed E-state index contributed by atoms with van der Waals surface area (Å²) in [5.41, 5.74) is 1.21. The van der Waals surface area contributed by atoms with Crippen LogP contribution in [0, 0.1) is 0 Å². The molecule has 0 spiro atoms. The number of halogens is 2. The minimum absolute atomic E-state index is 0.120. The topological polar surface area (TPSA) is 37.3 Å². The number of phenolic OH excluding ortho intramolecular Hbond substituents is 1. The number of carbonyl (C=O) groups is 1. The summed E-state index contributed by atoms with van der Waals surface area (Å²) in [6.07, 6.45) is 3.75. The number of hydrogen-bond donors (Lipinski definition) is 1. The zero-order valence-corrected chi connectivity index (χ0v) is 12.8. The molecule has 2 nitrogen and oxygen atoms in total. The number of alkyl halides is 1. The highest BCUT2D eigenvalue weighted by Gasteiger charge is 2.07. The summed E-state index contributed by atoms with van der Waals surface area (Å²) in [6.45, 7) is 0. The van der Waals surface area contributed by atoms with Crippen molar-refractivity contribution in [2.24, 2.45) is 0 Å². The molecule has 0 unspecified atom stereocenters. The molecule has 1 N–H and O–H groups in total. The van der Waals surface area contributed by atoms with Gasteiger partial charge in [-0.15, -0.1) is 22.9 Å². The molecule has 104 valence electrons. The molecule has 1 aromatic carbocycles. The first-order chi connectivity index (χ1) is 9.60. The van der Waals surface area contributed by atoms with Gasteiger partial charge in [0.1, 0.15) is 5.75 Å². The number of ketones is 1. The van der Waals surface area contributed by atoms with Crippen molar-refractivity contribution >= 4 is 46.4 Å². The molecule has 0 bridgehead atoms. The molecule has 2 rings (SSSR count). The predicted molar refractivity (Wildman–Crippen MR) is 85.2 cm³/mol. The van der Waals surface area contributed by atoms with Crippen molar-refractivity contribution in [2.45, 2.75) is 6.42 Å². The zero-order chi connectivity index (χ0) is 14.5. The second kappa shape index (κ2) is 6.93. The summed E-state index contributed by atoms with van der Waals surface area (Å²) in [5, 5.41) is 9.66. The van der Waals surface area contributed by atoms with Gasteiger partial charge < -0.3 is 5.11 Å². The Hall–Kier alpha value is -1.29. The van der Waals surface area contributed by atoms with Crippen LogP contribution in [0.2, 0.25) is 4.34 Å². The fraction of sp³-hybridized carbons (Fsp3) is 0.133. The Labute approximate surface area is 131 Å². The number of hydrogen-bond acceptors (Lipinski definition) is 3. The number of rotatable bonds is 5. The summed E-state index contributed by atoms with van der Waals surface area (Å²) in [6, 6.07) is 8.43. The molecule has 0 fully saturated rings. The molecular formula is C15H12Cl2O2S. The second-order valence-corrected chi connectivity index (χ2v) is 6.25. The van der Waals surface area contributed by atoms with E-state index in [4.69, 9.17) is 23.2 Å². The van der Waals surface area contributed by atoms with Crippen LogP contribution in [0.5, 0.6) is 5.75 Å². The van der Waals surface area contributed by atoms with E-state index in [0.717, 1.165) is 4.88 Å². The van der Waals surface area contributed by atoms with Gasteiger partial charge in [0, 0.05) is 16.3 Å². The van der Waals surface area contributed by atoms with Crippen molar-refractivity contribution in [3.8, 4) is 5.75 Å². The first-order valence-corrected chi connectivity index (χ1v) is 7.68. The van der Waals surface area contributed by atoms with E-state index in [1.54, 1.807) is 24.3 Å². The van der Waals surface area contributed by atoms with Crippen LogP contribution >= 0.6 is 34.5 Å². The van der Waals surface area contributed by atoms with E-state index in [2.05, 4.69) is 0 Å². The highest BCUT2D eigenvalue weighted by molar-refractivity contribution is 7.17. The van der Waals surface area contributed by atoms with Crippen LogP contribution in [0.4, 0.5) is 0 Å². The van der Waals surface area contributed by atoms with Gasteiger partial charge in [-0.1, -0.05) is 11.6 Å². The lowest BCUT2D eigenvalue weighted by Crippen LogP contribution is -1.97. The Bertz CT molecular complexity index is 647. The third-order valence-corrected chi connectivity index (χ3v) is 4.11. The van der Waals surface area contributed by atoms with Gasteiger partial charge in [0.05, 0.1) is 4.34 Å². The molecule has 1 aromatic heterocycles. The highest BCUT2D eigenvalue weighted by atomic mass is 35.5. The minimum Gasteiger partial charge on any atom is -0.508 e. The van der Waals surface area contributed by atoms with Gasteiger partial charge in [-0.05, 0) is 54.5 Å². The number of allylic oxidation sites excluding steroid dienone is 1. The molecular weight excluding hydrogens is 315 g/mol. The number of benzene rings is 1. The van der Waals surface area contributed by atoms with Gasteiger partial charge >= 0.3 is 0 Å². The SMILES string of the molecule is O=C(C=Cc1ccc(Cl)s1)c1ccc(O)c(CCCl)c1. The Balaban J connectivity index is 2.16. The van der Waals surface area contributed by atoms with Gasteiger partial charge in [-0.2, -0.15) is 0 Å². The Morgan fingerprint density at radius 3 is 2.75 bits per heavy atom. The smallest absolute Gasteiger partial charge is 0.185 e. The molecule has 20 heavy (non-hydrogen) atoms. The van der Waals surface area contributed by atoms with Crippen LogP contribution in [0.3, 0.4) is 0 Å². The van der Waals surface area contributed by atoms with E-state index >= 15 is 0 Å². The monoisotopic (exact) mass is 326 g/mol. The first-order valence-electron chi connectivity index (χ1n) is 5.96. The van der Waals surface area contributed by atoms with E-state index in [9.17, 15) is 9.90 Å². The summed E-state index contributed by atoms with van der Waals surface area (Å²) < 4.78 is 0.686. The molecule has 0 aliphatic rings. The quantitative estimate of drug-likeness (QED) is 0.487. The van der Waals surface area contributed by atoms with Crippen LogP contribution in [-0.4, -0.2) is 16.8 Å². The Morgan fingerprint density at radius 2 is 2.10 bits per heavy atom. The fourth-order valence-electron chi connectivity index (χ4n) is 1.71. The van der Waals surface area contributed by atoms with E-state index < -0.39 is 0 Å². The standard InChI is InChI=1S/C15H12Cl2O2S/c16-8-7-11-9-10(1-4-13(11)18)14(19)5-2-12-3-6-15(17)20-12/h1-6,9,18H,7-8H2. The van der Waals surface area contributed by atoms with Crippen LogP contribution in [0.1, 0.15) is 20.8 Å².